The Hall–Kier alpha value is -2.37. The Bertz CT molecular complexity index is 701. The van der Waals surface area contributed by atoms with Crippen molar-refractivity contribution in [2.45, 2.75) is 32.7 Å². The summed E-state index contributed by atoms with van der Waals surface area (Å²) in [7, 11) is 0. The van der Waals surface area contributed by atoms with E-state index in [1.54, 1.807) is 4.68 Å². The number of nitrogens with zero attached hydrogens (tertiary/aromatic N) is 3. The minimum atomic E-state index is -0.0745. The highest BCUT2D eigenvalue weighted by Crippen LogP contribution is 2.22. The molecule has 0 aliphatic carbocycles. The molecule has 0 radical (unpaired) electrons. The van der Waals surface area contributed by atoms with Crippen LogP contribution in [0.5, 0.6) is 0 Å². The molecule has 2 amide bonds. The molecule has 0 atom stereocenters. The maximum absolute atomic E-state index is 12.2. The number of nitrogens with one attached hydrogen (secondary N) is 1. The lowest BCUT2D eigenvalue weighted by Gasteiger charge is -2.26. The van der Waals surface area contributed by atoms with Crippen molar-refractivity contribution in [2.75, 3.05) is 18.4 Å². The fraction of sp³-hybridized carbons (Fsp3) is 0.438. The summed E-state index contributed by atoms with van der Waals surface area (Å²) < 4.78 is 1.79. The third-order valence-electron chi connectivity index (χ3n) is 4.08. The summed E-state index contributed by atoms with van der Waals surface area (Å²) in [4.78, 5) is 25.2. The number of amides is 2. The molecular weight excluding hydrogens is 280 g/mol. The van der Waals surface area contributed by atoms with E-state index in [0.717, 1.165) is 43.1 Å². The average Bonchev–Trinajstić information content (AvgIpc) is 2.93. The molecule has 1 saturated heterocycles. The van der Waals surface area contributed by atoms with Crippen LogP contribution in [0.1, 0.15) is 36.7 Å². The lowest BCUT2D eigenvalue weighted by atomic mass is 10.1. The second-order valence-corrected chi connectivity index (χ2v) is 5.53. The number of fused-ring (bicyclic) bond motifs is 1. The Labute approximate surface area is 129 Å². The zero-order valence-corrected chi connectivity index (χ0v) is 12.7. The topological polar surface area (TPSA) is 67.2 Å². The van der Waals surface area contributed by atoms with Crippen molar-refractivity contribution < 1.29 is 9.59 Å². The largest absolute Gasteiger partial charge is 0.325 e. The van der Waals surface area contributed by atoms with E-state index in [1.807, 2.05) is 30.0 Å². The van der Waals surface area contributed by atoms with E-state index in [2.05, 4.69) is 10.4 Å². The number of rotatable bonds is 3. The first-order valence-corrected chi connectivity index (χ1v) is 7.74. The molecule has 6 nitrogen and oxygen atoms in total. The Morgan fingerprint density at radius 1 is 1.32 bits per heavy atom. The number of aryl methyl sites for hydroxylation is 1. The van der Waals surface area contributed by atoms with Crippen LogP contribution in [-0.2, 0) is 6.54 Å². The number of anilines is 1. The van der Waals surface area contributed by atoms with E-state index in [4.69, 9.17) is 0 Å². The van der Waals surface area contributed by atoms with Gasteiger partial charge in [0, 0.05) is 30.7 Å². The fourth-order valence-corrected chi connectivity index (χ4v) is 2.91. The Balaban J connectivity index is 1.85. The summed E-state index contributed by atoms with van der Waals surface area (Å²) in [5.74, 6) is 0. The molecule has 0 saturated carbocycles. The number of aldehydes is 1. The molecule has 1 aliphatic heterocycles. The molecule has 1 aliphatic rings. The molecule has 0 unspecified atom stereocenters. The molecule has 0 spiro atoms. The third kappa shape index (κ3) is 2.68. The van der Waals surface area contributed by atoms with Gasteiger partial charge < -0.3 is 10.2 Å². The van der Waals surface area contributed by atoms with Gasteiger partial charge in [-0.25, -0.2) is 4.79 Å². The summed E-state index contributed by atoms with van der Waals surface area (Å²) in [6.45, 7) is 4.29. The normalized spacial score (nSPS) is 15.0. The van der Waals surface area contributed by atoms with Crippen LogP contribution in [0, 0.1) is 0 Å². The molecule has 0 bridgehead atoms. The highest BCUT2D eigenvalue weighted by atomic mass is 16.2. The van der Waals surface area contributed by atoms with Gasteiger partial charge in [0.25, 0.3) is 0 Å². The van der Waals surface area contributed by atoms with Crippen molar-refractivity contribution in [3.05, 3.63) is 23.9 Å². The summed E-state index contributed by atoms with van der Waals surface area (Å²) in [6.07, 6.45) is 4.06. The third-order valence-corrected chi connectivity index (χ3v) is 4.08. The van der Waals surface area contributed by atoms with Gasteiger partial charge in [0.1, 0.15) is 5.69 Å². The van der Waals surface area contributed by atoms with Gasteiger partial charge in [0.15, 0.2) is 6.29 Å². The SMILES string of the molecule is CCn1nc(C=O)c2cc(NC(=O)N3CCCCC3)ccc21. The van der Waals surface area contributed by atoms with E-state index in [9.17, 15) is 9.59 Å². The van der Waals surface area contributed by atoms with Crippen LogP contribution in [0.4, 0.5) is 10.5 Å². The molecule has 1 aromatic heterocycles. The van der Waals surface area contributed by atoms with Gasteiger partial charge >= 0.3 is 6.03 Å². The van der Waals surface area contributed by atoms with Crippen molar-refractivity contribution in [1.82, 2.24) is 14.7 Å². The van der Waals surface area contributed by atoms with Crippen LogP contribution >= 0.6 is 0 Å². The number of piperidine rings is 1. The molecule has 2 heterocycles. The van der Waals surface area contributed by atoms with E-state index in [1.165, 1.54) is 6.42 Å². The zero-order valence-electron chi connectivity index (χ0n) is 12.7. The monoisotopic (exact) mass is 300 g/mol. The summed E-state index contributed by atoms with van der Waals surface area (Å²) in [5, 5.41) is 7.95. The predicted octanol–water partition coefficient (Wildman–Crippen LogP) is 2.89. The van der Waals surface area contributed by atoms with Crippen LogP contribution in [-0.4, -0.2) is 40.1 Å². The van der Waals surface area contributed by atoms with E-state index < -0.39 is 0 Å². The predicted molar refractivity (Wildman–Crippen MR) is 85.2 cm³/mol. The number of aromatic nitrogens is 2. The summed E-state index contributed by atoms with van der Waals surface area (Å²) in [6, 6.07) is 5.49. The van der Waals surface area contributed by atoms with Crippen molar-refractivity contribution in [2.24, 2.45) is 0 Å². The molecule has 2 aromatic rings. The molecule has 1 fully saturated rings. The van der Waals surface area contributed by atoms with Crippen LogP contribution in [0.25, 0.3) is 10.9 Å². The first kappa shape index (κ1) is 14.6. The van der Waals surface area contributed by atoms with E-state index >= 15 is 0 Å². The molecule has 116 valence electrons. The molecular formula is C16H20N4O2. The van der Waals surface area contributed by atoms with Gasteiger partial charge in [0.05, 0.1) is 5.52 Å². The lowest BCUT2D eigenvalue weighted by molar-refractivity contribution is 0.111. The maximum atomic E-state index is 12.2. The Morgan fingerprint density at radius 2 is 2.09 bits per heavy atom. The number of carbonyl (C=O) groups excluding carboxylic acids is 2. The average molecular weight is 300 g/mol. The van der Waals surface area contributed by atoms with Crippen LogP contribution < -0.4 is 5.32 Å². The van der Waals surface area contributed by atoms with Crippen molar-refractivity contribution in [3.8, 4) is 0 Å². The highest BCUT2D eigenvalue weighted by molar-refractivity contribution is 5.99. The number of likely N-dealkylation sites (tertiary alicyclic amines) is 1. The number of hydrogen-bond acceptors (Lipinski definition) is 3. The second kappa shape index (κ2) is 6.17. The first-order chi connectivity index (χ1) is 10.7. The maximum Gasteiger partial charge on any atom is 0.321 e. The van der Waals surface area contributed by atoms with Crippen LogP contribution in [0.15, 0.2) is 18.2 Å². The number of hydrogen-bond donors (Lipinski definition) is 1. The van der Waals surface area contributed by atoms with Crippen molar-refractivity contribution in [1.29, 1.82) is 0 Å². The fourth-order valence-electron chi connectivity index (χ4n) is 2.91. The Kier molecular flexibility index (Phi) is 4.09. The van der Waals surface area contributed by atoms with E-state index in [-0.39, 0.29) is 6.03 Å². The lowest BCUT2D eigenvalue weighted by Crippen LogP contribution is -2.38. The van der Waals surface area contributed by atoms with Gasteiger partial charge in [-0.05, 0) is 44.4 Å². The molecule has 22 heavy (non-hydrogen) atoms. The standard InChI is InChI=1S/C16H20N4O2/c1-2-20-15-7-6-12(10-13(15)14(11-21)18-20)17-16(22)19-8-4-3-5-9-19/h6-7,10-11H,2-5,8-9H2,1H3,(H,17,22). The molecule has 6 heteroatoms. The number of carbonyl (C=O) groups is 2. The minimum absolute atomic E-state index is 0.0745. The quantitative estimate of drug-likeness (QED) is 0.886. The van der Waals surface area contributed by atoms with E-state index in [0.29, 0.717) is 17.9 Å². The molecule has 1 aromatic carbocycles. The van der Waals surface area contributed by atoms with Gasteiger partial charge in [-0.1, -0.05) is 0 Å². The van der Waals surface area contributed by atoms with Gasteiger partial charge in [0.2, 0.25) is 0 Å². The second-order valence-electron chi connectivity index (χ2n) is 5.53. The Morgan fingerprint density at radius 3 is 2.77 bits per heavy atom. The van der Waals surface area contributed by atoms with Gasteiger partial charge in [-0.15, -0.1) is 0 Å². The van der Waals surface area contributed by atoms with Crippen molar-refractivity contribution in [3.63, 3.8) is 0 Å². The smallest absolute Gasteiger partial charge is 0.321 e. The summed E-state index contributed by atoms with van der Waals surface area (Å²) >= 11 is 0. The highest BCUT2D eigenvalue weighted by Gasteiger charge is 2.17. The van der Waals surface area contributed by atoms with Gasteiger partial charge in [-0.2, -0.15) is 5.10 Å². The zero-order chi connectivity index (χ0) is 15.5. The number of urea groups is 1. The summed E-state index contributed by atoms with van der Waals surface area (Å²) in [5.41, 5.74) is 2.01. The molecule has 1 N–H and O–H groups in total. The number of benzene rings is 1. The van der Waals surface area contributed by atoms with Crippen molar-refractivity contribution >= 4 is 28.9 Å². The first-order valence-electron chi connectivity index (χ1n) is 7.74. The van der Waals surface area contributed by atoms with Gasteiger partial charge in [-0.3, -0.25) is 9.48 Å². The van der Waals surface area contributed by atoms with Crippen LogP contribution in [0.3, 0.4) is 0 Å². The molecule has 3 rings (SSSR count). The van der Waals surface area contributed by atoms with Crippen LogP contribution in [0.2, 0.25) is 0 Å². The minimum Gasteiger partial charge on any atom is -0.325 e.